The van der Waals surface area contributed by atoms with Gasteiger partial charge in [0.25, 0.3) is 0 Å². The highest BCUT2D eigenvalue weighted by atomic mass is 19.4. The number of ether oxygens (including phenoxy) is 1. The summed E-state index contributed by atoms with van der Waals surface area (Å²) in [7, 11) is 1.47. The average Bonchev–Trinajstić information content (AvgIpc) is 3.08. The minimum absolute atomic E-state index is 0.0383. The van der Waals surface area contributed by atoms with Crippen LogP contribution < -0.4 is 4.90 Å². The summed E-state index contributed by atoms with van der Waals surface area (Å²) in [5, 5.41) is 0. The Morgan fingerprint density at radius 3 is 2.78 bits per heavy atom. The van der Waals surface area contributed by atoms with Gasteiger partial charge in [-0.1, -0.05) is 6.07 Å². The minimum atomic E-state index is -4.64. The monoisotopic (exact) mass is 374 g/mol. The third-order valence-electron chi connectivity index (χ3n) is 3.92. The summed E-state index contributed by atoms with van der Waals surface area (Å²) in [5.41, 5.74) is -0.984. The number of fused-ring (bicyclic) bond motifs is 1. The molecule has 1 unspecified atom stereocenters. The van der Waals surface area contributed by atoms with Crippen LogP contribution in [-0.2, 0) is 10.9 Å². The summed E-state index contributed by atoms with van der Waals surface area (Å²) >= 11 is 0. The summed E-state index contributed by atoms with van der Waals surface area (Å²) in [5.74, 6) is 0.298. The van der Waals surface area contributed by atoms with Crippen LogP contribution in [0.15, 0.2) is 54.1 Å². The Balaban J connectivity index is 1.88. The molecule has 4 rings (SSSR count). The highest BCUT2D eigenvalue weighted by Gasteiger charge is 2.39. The van der Waals surface area contributed by atoms with Crippen LogP contribution in [-0.4, -0.2) is 39.0 Å². The van der Waals surface area contributed by atoms with Gasteiger partial charge in [0, 0.05) is 25.7 Å². The predicted molar refractivity (Wildman–Crippen MR) is 92.1 cm³/mol. The minimum Gasteiger partial charge on any atom is -0.342 e. The fraction of sp³-hybridized carbons (Fsp3) is 0.176. The lowest BCUT2D eigenvalue weighted by molar-refractivity contribution is -0.140. The zero-order valence-electron chi connectivity index (χ0n) is 14.0. The molecule has 0 aromatic carbocycles. The highest BCUT2D eigenvalue weighted by molar-refractivity contribution is 5.74. The number of imidazole rings is 1. The lowest BCUT2D eigenvalue weighted by atomic mass is 10.2. The van der Waals surface area contributed by atoms with Gasteiger partial charge in [-0.25, -0.2) is 15.0 Å². The van der Waals surface area contributed by atoms with Crippen LogP contribution in [0, 0.1) is 0 Å². The molecule has 1 aliphatic rings. The lowest BCUT2D eigenvalue weighted by Crippen LogP contribution is -2.33. The third-order valence-corrected chi connectivity index (χ3v) is 3.92. The van der Waals surface area contributed by atoms with Gasteiger partial charge < -0.3 is 4.74 Å². The molecule has 3 aromatic rings. The predicted octanol–water partition coefficient (Wildman–Crippen LogP) is 3.14. The van der Waals surface area contributed by atoms with E-state index in [-0.39, 0.29) is 17.0 Å². The van der Waals surface area contributed by atoms with Crippen LogP contribution in [0.1, 0.15) is 5.69 Å². The van der Waals surface area contributed by atoms with Crippen molar-refractivity contribution in [2.24, 2.45) is 4.99 Å². The number of methoxy groups -OCH3 is 1. The van der Waals surface area contributed by atoms with E-state index in [4.69, 9.17) is 4.74 Å². The van der Waals surface area contributed by atoms with Crippen molar-refractivity contribution in [1.82, 2.24) is 19.4 Å². The molecular formula is C17H13F3N6O. The van der Waals surface area contributed by atoms with Gasteiger partial charge in [0.2, 0.25) is 6.35 Å². The molecule has 27 heavy (non-hydrogen) atoms. The Kier molecular flexibility index (Phi) is 4.11. The molecule has 3 aromatic heterocycles. The Hall–Kier alpha value is -3.27. The largest absolute Gasteiger partial charge is 0.435 e. The van der Waals surface area contributed by atoms with Gasteiger partial charge >= 0.3 is 6.18 Å². The van der Waals surface area contributed by atoms with Crippen LogP contribution in [0.25, 0.3) is 17.0 Å². The van der Waals surface area contributed by atoms with Crippen molar-refractivity contribution >= 4 is 17.7 Å². The van der Waals surface area contributed by atoms with Crippen LogP contribution in [0.5, 0.6) is 0 Å². The molecule has 0 spiro atoms. The van der Waals surface area contributed by atoms with Crippen molar-refractivity contribution in [1.29, 1.82) is 0 Å². The zero-order chi connectivity index (χ0) is 19.0. The van der Waals surface area contributed by atoms with Crippen molar-refractivity contribution < 1.29 is 17.9 Å². The van der Waals surface area contributed by atoms with E-state index in [0.717, 1.165) is 0 Å². The second kappa shape index (κ2) is 6.47. The third kappa shape index (κ3) is 3.04. The Morgan fingerprint density at radius 1 is 1.15 bits per heavy atom. The summed E-state index contributed by atoms with van der Waals surface area (Å²) < 4.78 is 47.3. The van der Waals surface area contributed by atoms with Crippen LogP contribution in [0.3, 0.4) is 0 Å². The van der Waals surface area contributed by atoms with Gasteiger partial charge in [0.15, 0.2) is 11.5 Å². The fourth-order valence-electron chi connectivity index (χ4n) is 2.80. The standard InChI is InChI=1S/C17H13F3N6O/c1-27-16-22-6-4-8-26(16)13-10-21-9-11(23-13)14-15(17(18,19)20)24-12-5-2-3-7-25(12)14/h2-10,16H,1H3. The first kappa shape index (κ1) is 17.2. The number of anilines is 1. The first-order valence-electron chi connectivity index (χ1n) is 7.87. The molecule has 0 N–H and O–H groups in total. The quantitative estimate of drug-likeness (QED) is 0.705. The van der Waals surface area contributed by atoms with Gasteiger partial charge in [-0.05, 0) is 18.2 Å². The molecule has 0 aliphatic carbocycles. The van der Waals surface area contributed by atoms with E-state index < -0.39 is 18.2 Å². The molecule has 138 valence electrons. The summed E-state index contributed by atoms with van der Waals surface area (Å²) in [6, 6.07) is 4.74. The number of pyridine rings is 1. The summed E-state index contributed by atoms with van der Waals surface area (Å²) in [4.78, 5) is 17.8. The maximum absolute atomic E-state index is 13.6. The number of aromatic nitrogens is 4. The number of halogens is 3. The number of rotatable bonds is 3. The molecule has 0 bridgehead atoms. The SMILES string of the molecule is COC1N=CC=CN1c1cncc(-c2c(C(F)(F)F)nc3ccccn23)n1. The molecule has 10 heteroatoms. The number of hydrogen-bond donors (Lipinski definition) is 0. The average molecular weight is 374 g/mol. The van der Waals surface area contributed by atoms with E-state index in [1.54, 1.807) is 35.5 Å². The van der Waals surface area contributed by atoms with Crippen molar-refractivity contribution in [2.45, 2.75) is 12.5 Å². The Morgan fingerprint density at radius 2 is 2.00 bits per heavy atom. The van der Waals surface area contributed by atoms with Crippen LogP contribution >= 0.6 is 0 Å². The first-order valence-corrected chi connectivity index (χ1v) is 7.87. The number of allylic oxidation sites excluding steroid dienone is 1. The van der Waals surface area contributed by atoms with Crippen molar-refractivity contribution in [3.8, 4) is 11.4 Å². The number of hydrogen-bond acceptors (Lipinski definition) is 6. The van der Waals surface area contributed by atoms with Gasteiger partial charge in [0.1, 0.15) is 17.0 Å². The summed E-state index contributed by atoms with van der Waals surface area (Å²) in [6.45, 7) is 0. The molecule has 1 atom stereocenters. The van der Waals surface area contributed by atoms with Gasteiger partial charge in [0.05, 0.1) is 12.4 Å². The summed E-state index contributed by atoms with van der Waals surface area (Å²) in [6.07, 6.45) is 3.78. The maximum Gasteiger partial charge on any atom is 0.435 e. The van der Waals surface area contributed by atoms with E-state index >= 15 is 0 Å². The highest BCUT2D eigenvalue weighted by Crippen LogP contribution is 2.36. The fourth-order valence-corrected chi connectivity index (χ4v) is 2.80. The van der Waals surface area contributed by atoms with Crippen molar-refractivity contribution in [2.75, 3.05) is 12.0 Å². The molecule has 1 aliphatic heterocycles. The second-order valence-electron chi connectivity index (χ2n) is 5.61. The number of alkyl halides is 3. The first-order chi connectivity index (χ1) is 13.0. The van der Waals surface area contributed by atoms with Gasteiger partial charge in [-0.15, -0.1) is 0 Å². The number of aliphatic imine (C=N–C) groups is 1. The molecule has 0 radical (unpaired) electrons. The lowest BCUT2D eigenvalue weighted by Gasteiger charge is -2.26. The molecular weight excluding hydrogens is 361 g/mol. The van der Waals surface area contributed by atoms with Gasteiger partial charge in [-0.3, -0.25) is 14.3 Å². The zero-order valence-corrected chi connectivity index (χ0v) is 14.0. The van der Waals surface area contributed by atoms with Gasteiger partial charge in [-0.2, -0.15) is 13.2 Å². The number of nitrogens with zero attached hydrogens (tertiary/aromatic N) is 6. The molecule has 0 saturated carbocycles. The Labute approximate surface area is 151 Å². The Bertz CT molecular complexity index is 1040. The normalized spacial score (nSPS) is 17.0. The molecule has 0 saturated heterocycles. The van der Waals surface area contributed by atoms with Crippen molar-refractivity contribution in [3.05, 3.63) is 54.8 Å². The second-order valence-corrected chi connectivity index (χ2v) is 5.61. The molecule has 7 nitrogen and oxygen atoms in total. The van der Waals surface area contributed by atoms with E-state index in [9.17, 15) is 13.2 Å². The smallest absolute Gasteiger partial charge is 0.342 e. The molecule has 0 amide bonds. The van der Waals surface area contributed by atoms with E-state index in [2.05, 4.69) is 19.9 Å². The van der Waals surface area contributed by atoms with E-state index in [0.29, 0.717) is 5.82 Å². The topological polar surface area (TPSA) is 67.9 Å². The van der Waals surface area contributed by atoms with E-state index in [1.165, 1.54) is 36.2 Å². The maximum atomic E-state index is 13.6. The molecule has 4 heterocycles. The van der Waals surface area contributed by atoms with Crippen LogP contribution in [0.4, 0.5) is 19.0 Å². The van der Waals surface area contributed by atoms with Crippen molar-refractivity contribution in [3.63, 3.8) is 0 Å². The van der Waals surface area contributed by atoms with Crippen LogP contribution in [0.2, 0.25) is 0 Å². The molecule has 0 fully saturated rings. The van der Waals surface area contributed by atoms with E-state index in [1.807, 2.05) is 0 Å².